The second-order valence-corrected chi connectivity index (χ2v) is 7.71. The highest BCUT2D eigenvalue weighted by Crippen LogP contribution is 2.24. The van der Waals surface area contributed by atoms with Gasteiger partial charge in [0.2, 0.25) is 0 Å². The molecule has 0 bridgehead atoms. The lowest BCUT2D eigenvalue weighted by atomic mass is 10.0. The minimum absolute atomic E-state index is 0.228. The molecule has 1 aliphatic heterocycles. The summed E-state index contributed by atoms with van der Waals surface area (Å²) in [4.78, 5) is 28.1. The first-order valence-electron chi connectivity index (χ1n) is 8.99. The molecule has 6 heteroatoms. The number of nitrogens with zero attached hydrogens (tertiary/aromatic N) is 1. The molecule has 2 amide bonds. The number of carbonyl (C=O) groups is 2. The smallest absolute Gasteiger partial charge is 0.312 e. The maximum atomic E-state index is 12.6. The van der Waals surface area contributed by atoms with Crippen molar-refractivity contribution in [1.29, 1.82) is 0 Å². The lowest BCUT2D eigenvalue weighted by Gasteiger charge is -2.27. The summed E-state index contributed by atoms with van der Waals surface area (Å²) in [6, 6.07) is 15.6. The van der Waals surface area contributed by atoms with E-state index in [0.29, 0.717) is 13.1 Å². The van der Waals surface area contributed by atoms with Gasteiger partial charge in [-0.25, -0.2) is 0 Å². The lowest BCUT2D eigenvalue weighted by molar-refractivity contribution is -0.146. The van der Waals surface area contributed by atoms with Crippen LogP contribution in [-0.2, 0) is 22.6 Å². The van der Waals surface area contributed by atoms with Crippen molar-refractivity contribution in [3.05, 3.63) is 69.9 Å². The van der Waals surface area contributed by atoms with Crippen LogP contribution in [0.5, 0.6) is 0 Å². The van der Waals surface area contributed by atoms with Crippen LogP contribution in [-0.4, -0.2) is 29.8 Å². The third-order valence-electron chi connectivity index (χ3n) is 5.01. The van der Waals surface area contributed by atoms with E-state index in [1.807, 2.05) is 53.9 Å². The molecular formula is C21H21N3O2S. The molecule has 2 heterocycles. The van der Waals surface area contributed by atoms with E-state index in [-0.39, 0.29) is 6.54 Å². The fourth-order valence-electron chi connectivity index (χ4n) is 3.49. The number of fused-ring (bicyclic) bond motifs is 2. The molecule has 0 saturated carbocycles. The molecule has 3 aromatic rings. The minimum Gasteiger partial charge on any atom is -0.340 e. The molecule has 1 aliphatic rings. The van der Waals surface area contributed by atoms with Crippen molar-refractivity contribution in [3.63, 3.8) is 0 Å². The Balaban J connectivity index is 1.47. The Morgan fingerprint density at radius 1 is 1.15 bits per heavy atom. The van der Waals surface area contributed by atoms with Crippen LogP contribution in [0.2, 0.25) is 0 Å². The molecule has 5 nitrogen and oxygen atoms in total. The molecule has 0 aliphatic carbocycles. The van der Waals surface area contributed by atoms with Crippen molar-refractivity contribution < 1.29 is 9.59 Å². The molecular weight excluding hydrogens is 358 g/mol. The van der Waals surface area contributed by atoms with Crippen LogP contribution in [0.1, 0.15) is 22.0 Å². The number of thiophene rings is 1. The zero-order chi connectivity index (χ0) is 18.8. The first-order chi connectivity index (χ1) is 13.2. The summed E-state index contributed by atoms with van der Waals surface area (Å²) in [7, 11) is 0. The van der Waals surface area contributed by atoms with Crippen LogP contribution >= 0.6 is 11.3 Å². The normalized spacial score (nSPS) is 14.6. The van der Waals surface area contributed by atoms with Gasteiger partial charge in [-0.1, -0.05) is 36.4 Å². The maximum absolute atomic E-state index is 12.6. The molecule has 0 spiro atoms. The average Bonchev–Trinajstić information content (AvgIpc) is 3.18. The van der Waals surface area contributed by atoms with Gasteiger partial charge in [-0.3, -0.25) is 9.59 Å². The van der Waals surface area contributed by atoms with Gasteiger partial charge in [0.25, 0.3) is 0 Å². The molecule has 2 aromatic carbocycles. The van der Waals surface area contributed by atoms with E-state index in [0.717, 1.165) is 28.3 Å². The number of nitrogens with one attached hydrogen (secondary N) is 1. The van der Waals surface area contributed by atoms with Crippen molar-refractivity contribution in [2.75, 3.05) is 13.1 Å². The van der Waals surface area contributed by atoms with Crippen LogP contribution in [0.3, 0.4) is 0 Å². The van der Waals surface area contributed by atoms with Gasteiger partial charge in [0.1, 0.15) is 0 Å². The zero-order valence-corrected chi connectivity index (χ0v) is 15.7. The minimum atomic E-state index is -0.600. The fourth-order valence-corrected chi connectivity index (χ4v) is 4.38. The monoisotopic (exact) mass is 379 g/mol. The largest absolute Gasteiger partial charge is 0.340 e. The predicted octanol–water partition coefficient (Wildman–Crippen LogP) is 2.60. The molecule has 138 valence electrons. The Bertz CT molecular complexity index is 998. The second-order valence-electron chi connectivity index (χ2n) is 6.71. The summed E-state index contributed by atoms with van der Waals surface area (Å²) in [5, 5.41) is 7.04. The van der Waals surface area contributed by atoms with Crippen molar-refractivity contribution >= 4 is 33.9 Å². The van der Waals surface area contributed by atoms with Gasteiger partial charge in [-0.05, 0) is 45.8 Å². The number of carbonyl (C=O) groups excluding carboxylic acids is 2. The highest BCUT2D eigenvalue weighted by Gasteiger charge is 2.27. The quantitative estimate of drug-likeness (QED) is 0.687. The van der Waals surface area contributed by atoms with E-state index in [1.165, 1.54) is 4.88 Å². The topological polar surface area (TPSA) is 75.4 Å². The van der Waals surface area contributed by atoms with Gasteiger partial charge in [-0.15, -0.1) is 11.3 Å². The molecule has 3 N–H and O–H groups in total. The Morgan fingerprint density at radius 3 is 2.78 bits per heavy atom. The standard InChI is InChI=1S/C21H21N3O2S/c22-12-18(16-6-5-14-3-1-2-4-15(14)11-16)23-20(25)21(26)24-9-7-19-17(13-24)8-10-27-19/h1-6,8,10-11,18H,7,9,12-13,22H2,(H,23,25). The third kappa shape index (κ3) is 3.59. The van der Waals surface area contributed by atoms with E-state index in [2.05, 4.69) is 5.32 Å². The molecule has 1 aromatic heterocycles. The van der Waals surface area contributed by atoms with Gasteiger partial charge < -0.3 is 16.0 Å². The molecule has 0 fully saturated rings. The predicted molar refractivity (Wildman–Crippen MR) is 107 cm³/mol. The second kappa shape index (κ2) is 7.50. The first kappa shape index (κ1) is 17.7. The van der Waals surface area contributed by atoms with E-state index in [1.54, 1.807) is 16.2 Å². The summed E-state index contributed by atoms with van der Waals surface area (Å²) in [6.45, 7) is 1.30. The Hall–Kier alpha value is -2.70. The number of amides is 2. The van der Waals surface area contributed by atoms with Gasteiger partial charge in [0, 0.05) is 24.5 Å². The Labute approximate surface area is 161 Å². The van der Waals surface area contributed by atoms with Crippen LogP contribution in [0, 0.1) is 0 Å². The number of rotatable bonds is 3. The fraction of sp³-hybridized carbons (Fsp3) is 0.238. The maximum Gasteiger partial charge on any atom is 0.312 e. The van der Waals surface area contributed by atoms with Crippen LogP contribution < -0.4 is 11.1 Å². The van der Waals surface area contributed by atoms with E-state index >= 15 is 0 Å². The summed E-state index contributed by atoms with van der Waals surface area (Å²) in [6.07, 6.45) is 0.803. The van der Waals surface area contributed by atoms with E-state index in [4.69, 9.17) is 5.73 Å². The van der Waals surface area contributed by atoms with Crippen molar-refractivity contribution in [3.8, 4) is 0 Å². The molecule has 0 saturated heterocycles. The summed E-state index contributed by atoms with van der Waals surface area (Å²) in [5.41, 5.74) is 7.92. The summed E-state index contributed by atoms with van der Waals surface area (Å²) >= 11 is 1.70. The van der Waals surface area contributed by atoms with Gasteiger partial charge in [-0.2, -0.15) is 0 Å². The van der Waals surface area contributed by atoms with Crippen molar-refractivity contribution in [1.82, 2.24) is 10.2 Å². The van der Waals surface area contributed by atoms with E-state index < -0.39 is 17.9 Å². The Kier molecular flexibility index (Phi) is 4.92. The number of nitrogens with two attached hydrogens (primary N) is 1. The van der Waals surface area contributed by atoms with Crippen LogP contribution in [0.4, 0.5) is 0 Å². The van der Waals surface area contributed by atoms with Gasteiger partial charge >= 0.3 is 11.8 Å². The van der Waals surface area contributed by atoms with Gasteiger partial charge in [0.15, 0.2) is 0 Å². The highest BCUT2D eigenvalue weighted by atomic mass is 32.1. The van der Waals surface area contributed by atoms with Crippen LogP contribution in [0.15, 0.2) is 53.9 Å². The summed E-state index contributed by atoms with van der Waals surface area (Å²) < 4.78 is 0. The number of hydrogen-bond donors (Lipinski definition) is 2. The molecule has 0 radical (unpaired) electrons. The average molecular weight is 379 g/mol. The summed E-state index contributed by atoms with van der Waals surface area (Å²) in [5.74, 6) is -1.09. The number of hydrogen-bond acceptors (Lipinski definition) is 4. The first-order valence-corrected chi connectivity index (χ1v) is 9.87. The molecule has 1 unspecified atom stereocenters. The SMILES string of the molecule is NCC(NC(=O)C(=O)N1CCc2sccc2C1)c1ccc2ccccc2c1. The van der Waals surface area contributed by atoms with Crippen molar-refractivity contribution in [2.24, 2.45) is 5.73 Å². The molecule has 1 atom stereocenters. The molecule has 27 heavy (non-hydrogen) atoms. The van der Waals surface area contributed by atoms with Crippen LogP contribution in [0.25, 0.3) is 10.8 Å². The van der Waals surface area contributed by atoms with E-state index in [9.17, 15) is 9.59 Å². The van der Waals surface area contributed by atoms with Crippen molar-refractivity contribution in [2.45, 2.75) is 19.0 Å². The Morgan fingerprint density at radius 2 is 1.96 bits per heavy atom. The highest BCUT2D eigenvalue weighted by molar-refractivity contribution is 7.10. The third-order valence-corrected chi connectivity index (χ3v) is 6.03. The lowest BCUT2D eigenvalue weighted by Crippen LogP contribution is -2.46. The number of benzene rings is 2. The zero-order valence-electron chi connectivity index (χ0n) is 14.9. The van der Waals surface area contributed by atoms with Gasteiger partial charge in [0.05, 0.1) is 6.04 Å². The molecule has 4 rings (SSSR count).